The van der Waals surface area contributed by atoms with Crippen LogP contribution in [0.1, 0.15) is 63.6 Å². The van der Waals surface area contributed by atoms with Crippen molar-refractivity contribution in [2.45, 2.75) is 65.0 Å². The summed E-state index contributed by atoms with van der Waals surface area (Å²) in [7, 11) is -0.832. The molecule has 4 rings (SSSR count). The molecular formula is C27H44N4O3S. The Labute approximate surface area is 213 Å². The van der Waals surface area contributed by atoms with E-state index in [9.17, 15) is 9.11 Å². The molecule has 1 aliphatic carbocycles. The second kappa shape index (κ2) is 13.4. The summed E-state index contributed by atoms with van der Waals surface area (Å²) >= 11 is 0. The summed E-state index contributed by atoms with van der Waals surface area (Å²) in [6.07, 6.45) is 7.19. The number of nitrogens with zero attached hydrogens (tertiary/aromatic N) is 3. The second-order valence-electron chi connectivity index (χ2n) is 9.36. The van der Waals surface area contributed by atoms with Gasteiger partial charge < -0.3 is 15.0 Å². The van der Waals surface area contributed by atoms with Crippen LogP contribution < -0.4 is 10.2 Å². The molecule has 196 valence electrons. The lowest BCUT2D eigenvalue weighted by molar-refractivity contribution is 0.122. The molecule has 0 bridgehead atoms. The first-order chi connectivity index (χ1) is 16.9. The highest BCUT2D eigenvalue weighted by Gasteiger charge is 2.22. The van der Waals surface area contributed by atoms with Crippen molar-refractivity contribution in [3.8, 4) is 11.4 Å². The molecule has 0 radical (unpaired) electrons. The van der Waals surface area contributed by atoms with E-state index in [1.807, 2.05) is 39.1 Å². The Morgan fingerprint density at radius 2 is 1.77 bits per heavy atom. The normalized spacial score (nSPS) is 17.5. The second-order valence-corrected chi connectivity index (χ2v) is 11.7. The number of nitrogens with one attached hydrogen (secondary N) is 1. The summed E-state index contributed by atoms with van der Waals surface area (Å²) in [5, 5.41) is 3.19. The average molecular weight is 505 g/mol. The third-order valence-corrected chi connectivity index (χ3v) is 8.46. The Balaban J connectivity index is 0.00000167. The van der Waals surface area contributed by atoms with Gasteiger partial charge in [-0.3, -0.25) is 9.11 Å². The summed E-state index contributed by atoms with van der Waals surface area (Å²) in [6, 6.07) is 8.06. The fraction of sp³-hybridized carbons (Fsp3) is 0.630. The van der Waals surface area contributed by atoms with Gasteiger partial charge in [0.25, 0.3) is 0 Å². The predicted molar refractivity (Wildman–Crippen MR) is 149 cm³/mol. The van der Waals surface area contributed by atoms with Crippen LogP contribution in [0.25, 0.3) is 11.4 Å². The van der Waals surface area contributed by atoms with Crippen LogP contribution in [0.4, 0.5) is 11.5 Å². The molecule has 1 aromatic carbocycles. The zero-order chi connectivity index (χ0) is 25.3. The van der Waals surface area contributed by atoms with Crippen LogP contribution in [0.2, 0.25) is 0 Å². The first-order valence-electron chi connectivity index (χ1n) is 13.2. The number of ether oxygens (including phenoxy) is 1. The molecule has 1 saturated carbocycles. The van der Waals surface area contributed by atoms with E-state index in [1.54, 1.807) is 0 Å². The highest BCUT2D eigenvalue weighted by Crippen LogP contribution is 2.45. The van der Waals surface area contributed by atoms with Gasteiger partial charge >= 0.3 is 0 Å². The number of aryl methyl sites for hydroxylation is 1. The van der Waals surface area contributed by atoms with Crippen molar-refractivity contribution in [3.63, 3.8) is 0 Å². The maximum Gasteiger partial charge on any atom is 0.161 e. The van der Waals surface area contributed by atoms with Gasteiger partial charge in [-0.25, -0.2) is 9.97 Å². The van der Waals surface area contributed by atoms with Crippen LogP contribution in [0, 0.1) is 12.8 Å². The molecule has 1 saturated heterocycles. The number of morpholine rings is 1. The van der Waals surface area contributed by atoms with Crippen LogP contribution in [-0.2, 0) is 10.5 Å². The van der Waals surface area contributed by atoms with E-state index in [2.05, 4.69) is 23.2 Å². The van der Waals surface area contributed by atoms with E-state index in [1.165, 1.54) is 32.1 Å². The Morgan fingerprint density at radius 1 is 1.06 bits per heavy atom. The summed E-state index contributed by atoms with van der Waals surface area (Å²) in [4.78, 5) is 11.8. The fourth-order valence-corrected chi connectivity index (χ4v) is 6.34. The Hall–Kier alpha value is -1.87. The molecule has 2 fully saturated rings. The van der Waals surface area contributed by atoms with Crippen molar-refractivity contribution >= 4 is 22.1 Å². The van der Waals surface area contributed by atoms with Crippen molar-refractivity contribution in [2.75, 3.05) is 49.3 Å². The third kappa shape index (κ3) is 8.07. The zero-order valence-electron chi connectivity index (χ0n) is 21.9. The Morgan fingerprint density at radius 3 is 2.43 bits per heavy atom. The van der Waals surface area contributed by atoms with Gasteiger partial charge in [-0.15, -0.1) is 0 Å². The van der Waals surface area contributed by atoms with Crippen molar-refractivity contribution in [3.05, 3.63) is 35.5 Å². The number of anilines is 2. The summed E-state index contributed by atoms with van der Waals surface area (Å²) in [5.41, 5.74) is 3.82. The van der Waals surface area contributed by atoms with Crippen LogP contribution in [0.5, 0.6) is 0 Å². The predicted octanol–water partition coefficient (Wildman–Crippen LogP) is 6.58. The Bertz CT molecular complexity index is 929. The minimum absolute atomic E-state index is 0.181. The van der Waals surface area contributed by atoms with Crippen molar-refractivity contribution in [2.24, 2.45) is 5.92 Å². The minimum Gasteiger partial charge on any atom is -0.388 e. The van der Waals surface area contributed by atoms with Gasteiger partial charge in [-0.1, -0.05) is 46.0 Å². The largest absolute Gasteiger partial charge is 0.388 e. The van der Waals surface area contributed by atoms with E-state index in [0.717, 1.165) is 42.1 Å². The van der Waals surface area contributed by atoms with Crippen LogP contribution in [-0.4, -0.2) is 58.2 Å². The zero-order valence-corrected chi connectivity index (χ0v) is 22.7. The molecule has 8 heteroatoms. The standard InChI is InChI=1S/C25H38N4O3S.C2H6/c1-19-16-21(8-9-23(19)26-2)25-27-22(17-24(28-25)29-11-13-32-14-12-29)18-33(30,31)15-10-20-6-4-3-5-7-20;1-2/h8-9,16-17,20,26,30-31H,3-7,10-15,18H2,1-2H3;1-2H3. The SMILES string of the molecule is CC.CNc1ccc(-c2nc(CS(O)(O)CCC3CCCCC3)cc(N3CCOCC3)n2)cc1C. The lowest BCUT2D eigenvalue weighted by Gasteiger charge is -2.34. The molecule has 7 nitrogen and oxygen atoms in total. The topological polar surface area (TPSA) is 90.7 Å². The highest BCUT2D eigenvalue weighted by atomic mass is 32.3. The maximum atomic E-state index is 10.9. The van der Waals surface area contributed by atoms with Crippen LogP contribution >= 0.6 is 10.6 Å². The van der Waals surface area contributed by atoms with Crippen molar-refractivity contribution in [1.82, 2.24) is 9.97 Å². The lowest BCUT2D eigenvalue weighted by atomic mass is 9.88. The van der Waals surface area contributed by atoms with Crippen molar-refractivity contribution < 1.29 is 13.8 Å². The first kappa shape index (κ1) is 27.7. The maximum absolute atomic E-state index is 10.9. The molecule has 2 heterocycles. The quantitative estimate of drug-likeness (QED) is 0.374. The fourth-order valence-electron chi connectivity index (χ4n) is 4.86. The molecule has 0 unspecified atom stereocenters. The van der Waals surface area contributed by atoms with E-state index in [4.69, 9.17) is 14.7 Å². The van der Waals surface area contributed by atoms with Gasteiger partial charge in [-0.2, -0.15) is 10.6 Å². The van der Waals surface area contributed by atoms with Crippen molar-refractivity contribution in [1.29, 1.82) is 0 Å². The lowest BCUT2D eigenvalue weighted by Crippen LogP contribution is -2.37. The van der Waals surface area contributed by atoms with Gasteiger partial charge in [0.1, 0.15) is 5.82 Å². The summed E-state index contributed by atoms with van der Waals surface area (Å²) < 4.78 is 27.3. The molecule has 2 aliphatic rings. The number of hydrogen-bond acceptors (Lipinski definition) is 7. The number of rotatable bonds is 8. The molecule has 0 amide bonds. The van der Waals surface area contributed by atoms with E-state index >= 15 is 0 Å². The van der Waals surface area contributed by atoms with Gasteiger partial charge in [-0.05, 0) is 43.0 Å². The van der Waals surface area contributed by atoms with Crippen LogP contribution in [0.3, 0.4) is 0 Å². The molecule has 1 aromatic heterocycles. The molecule has 1 aliphatic heterocycles. The summed E-state index contributed by atoms with van der Waals surface area (Å²) in [6.45, 7) is 8.93. The molecule has 35 heavy (non-hydrogen) atoms. The highest BCUT2D eigenvalue weighted by molar-refractivity contribution is 8.23. The smallest absolute Gasteiger partial charge is 0.161 e. The van der Waals surface area contributed by atoms with Gasteiger partial charge in [0.15, 0.2) is 5.82 Å². The van der Waals surface area contributed by atoms with E-state index in [0.29, 0.717) is 36.4 Å². The van der Waals surface area contributed by atoms with E-state index < -0.39 is 10.6 Å². The molecule has 2 aromatic rings. The van der Waals surface area contributed by atoms with Gasteiger partial charge in [0.2, 0.25) is 0 Å². The summed E-state index contributed by atoms with van der Waals surface area (Å²) in [5.74, 6) is 2.72. The molecule has 3 N–H and O–H groups in total. The number of hydrogen-bond donors (Lipinski definition) is 3. The Kier molecular flexibility index (Phi) is 10.6. The molecular weight excluding hydrogens is 460 g/mol. The van der Waals surface area contributed by atoms with Gasteiger partial charge in [0, 0.05) is 43.2 Å². The van der Waals surface area contributed by atoms with Crippen LogP contribution in [0.15, 0.2) is 24.3 Å². The monoisotopic (exact) mass is 504 g/mol. The van der Waals surface area contributed by atoms with E-state index in [-0.39, 0.29) is 5.75 Å². The van der Waals surface area contributed by atoms with Gasteiger partial charge in [0.05, 0.1) is 24.7 Å². The average Bonchev–Trinajstić information content (AvgIpc) is 2.89. The molecule has 0 atom stereocenters. The number of aromatic nitrogens is 2. The first-order valence-corrected chi connectivity index (χ1v) is 15.0. The third-order valence-electron chi connectivity index (χ3n) is 6.81. The molecule has 0 spiro atoms. The minimum atomic E-state index is -2.74. The number of benzene rings is 1.